The van der Waals surface area contributed by atoms with E-state index in [1.165, 1.54) is 13.1 Å². The predicted octanol–water partition coefficient (Wildman–Crippen LogP) is 3.29. The van der Waals surface area contributed by atoms with Gasteiger partial charge in [0.25, 0.3) is 5.89 Å². The van der Waals surface area contributed by atoms with Gasteiger partial charge in [0.05, 0.1) is 17.0 Å². The van der Waals surface area contributed by atoms with Gasteiger partial charge in [-0.2, -0.15) is 0 Å². The molecule has 124 valence electrons. The highest BCUT2D eigenvalue weighted by molar-refractivity contribution is 7.91. The van der Waals surface area contributed by atoms with Crippen LogP contribution >= 0.6 is 23.2 Å². The van der Waals surface area contributed by atoms with Crippen LogP contribution in [0, 0.1) is 0 Å². The smallest absolute Gasteiger partial charge is 0.268 e. The van der Waals surface area contributed by atoms with Gasteiger partial charge in [-0.25, -0.2) is 18.4 Å². The topological polar surface area (TPSA) is 98.8 Å². The van der Waals surface area contributed by atoms with E-state index in [4.69, 9.17) is 27.6 Å². The molecule has 0 fully saturated rings. The number of nitrogens with zero attached hydrogens (tertiary/aromatic N) is 4. The minimum atomic E-state index is -3.58. The van der Waals surface area contributed by atoms with E-state index in [1.54, 1.807) is 24.3 Å². The molecule has 0 amide bonds. The highest BCUT2D eigenvalue weighted by Crippen LogP contribution is 2.28. The van der Waals surface area contributed by atoms with Gasteiger partial charge in [0.2, 0.25) is 20.9 Å². The van der Waals surface area contributed by atoms with Crippen molar-refractivity contribution in [1.82, 2.24) is 20.2 Å². The van der Waals surface area contributed by atoms with Crippen LogP contribution in [0.5, 0.6) is 0 Å². The maximum atomic E-state index is 11.9. The Kier molecular flexibility index (Phi) is 4.53. The van der Waals surface area contributed by atoms with Crippen LogP contribution in [0.3, 0.4) is 0 Å². The number of sulfone groups is 1. The van der Waals surface area contributed by atoms with E-state index >= 15 is 0 Å². The van der Waals surface area contributed by atoms with Crippen LogP contribution in [-0.4, -0.2) is 34.3 Å². The van der Waals surface area contributed by atoms with Crippen molar-refractivity contribution >= 4 is 33.0 Å². The third-order valence-electron chi connectivity index (χ3n) is 3.10. The molecule has 0 radical (unpaired) electrons. The van der Waals surface area contributed by atoms with Crippen molar-refractivity contribution in [1.29, 1.82) is 0 Å². The number of benzene rings is 1. The highest BCUT2D eigenvalue weighted by Gasteiger charge is 2.21. The number of hydrogen-bond donors (Lipinski definition) is 0. The Labute approximate surface area is 147 Å². The zero-order chi connectivity index (χ0) is 17.3. The lowest BCUT2D eigenvalue weighted by Gasteiger charge is -2.02. The van der Waals surface area contributed by atoms with E-state index in [-0.39, 0.29) is 33.4 Å². The van der Waals surface area contributed by atoms with Crippen LogP contribution in [0.15, 0.2) is 40.0 Å². The summed E-state index contributed by atoms with van der Waals surface area (Å²) in [5.74, 6) is 0.102. The summed E-state index contributed by atoms with van der Waals surface area (Å²) in [4.78, 5) is 7.70. The van der Waals surface area contributed by atoms with Crippen LogP contribution in [0.1, 0.15) is 6.92 Å². The molecule has 0 unspecified atom stereocenters. The Morgan fingerprint density at radius 1 is 1.08 bits per heavy atom. The third kappa shape index (κ3) is 3.26. The van der Waals surface area contributed by atoms with Crippen molar-refractivity contribution in [2.75, 3.05) is 5.75 Å². The normalized spacial score (nSPS) is 11.6. The molecular formula is C14H10Cl2N4O3S. The van der Waals surface area contributed by atoms with Gasteiger partial charge in [0, 0.05) is 10.6 Å². The first kappa shape index (κ1) is 16.8. The molecular weight excluding hydrogens is 375 g/mol. The number of halogens is 2. The van der Waals surface area contributed by atoms with Crippen LogP contribution < -0.4 is 0 Å². The molecule has 3 rings (SSSR count). The molecule has 0 spiro atoms. The summed E-state index contributed by atoms with van der Waals surface area (Å²) in [6.45, 7) is 1.50. The fourth-order valence-corrected chi connectivity index (χ4v) is 2.81. The summed E-state index contributed by atoms with van der Waals surface area (Å²) in [6.07, 6.45) is 1.19. The molecule has 0 N–H and O–H groups in total. The standard InChI is InChI=1S/C14H10Cl2N4O3S/c1-2-24(21,22)14-17-7-10(16)11(18-14)13-20-19-12(23-13)8-3-5-9(15)6-4-8/h3-7H,2H2,1H3. The zero-order valence-electron chi connectivity index (χ0n) is 12.3. The second kappa shape index (κ2) is 6.46. The van der Waals surface area contributed by atoms with Crippen LogP contribution in [0.2, 0.25) is 10.0 Å². The summed E-state index contributed by atoms with van der Waals surface area (Å²) < 4.78 is 29.4. The van der Waals surface area contributed by atoms with E-state index in [2.05, 4.69) is 20.2 Å². The Balaban J connectivity index is 2.04. The van der Waals surface area contributed by atoms with Gasteiger partial charge in [0.1, 0.15) is 0 Å². The lowest BCUT2D eigenvalue weighted by atomic mass is 10.2. The van der Waals surface area contributed by atoms with Crippen LogP contribution in [0.25, 0.3) is 23.0 Å². The summed E-state index contributed by atoms with van der Waals surface area (Å²) in [6, 6.07) is 6.80. The van der Waals surface area contributed by atoms with Gasteiger partial charge >= 0.3 is 0 Å². The lowest BCUT2D eigenvalue weighted by molar-refractivity contribution is 0.577. The molecule has 0 saturated heterocycles. The molecule has 7 nitrogen and oxygen atoms in total. The van der Waals surface area contributed by atoms with Gasteiger partial charge in [-0.1, -0.05) is 30.1 Å². The molecule has 0 aliphatic rings. The number of rotatable bonds is 4. The van der Waals surface area contributed by atoms with Gasteiger partial charge in [0.15, 0.2) is 5.69 Å². The SMILES string of the molecule is CCS(=O)(=O)c1ncc(Cl)c(-c2nnc(-c3ccc(Cl)cc3)o2)n1. The van der Waals surface area contributed by atoms with E-state index < -0.39 is 9.84 Å². The number of hydrogen-bond acceptors (Lipinski definition) is 7. The van der Waals surface area contributed by atoms with Crippen molar-refractivity contribution in [3.63, 3.8) is 0 Å². The van der Waals surface area contributed by atoms with Crippen LogP contribution in [-0.2, 0) is 9.84 Å². The third-order valence-corrected chi connectivity index (χ3v) is 5.14. The zero-order valence-corrected chi connectivity index (χ0v) is 14.6. The Morgan fingerprint density at radius 3 is 2.42 bits per heavy atom. The molecule has 3 aromatic rings. The average Bonchev–Trinajstić information content (AvgIpc) is 3.05. The first-order valence-corrected chi connectivity index (χ1v) is 9.16. The first-order valence-electron chi connectivity index (χ1n) is 6.76. The Morgan fingerprint density at radius 2 is 1.75 bits per heavy atom. The second-order valence-corrected chi connectivity index (χ2v) is 7.69. The van der Waals surface area contributed by atoms with Crippen molar-refractivity contribution in [2.24, 2.45) is 0 Å². The molecule has 1 aromatic carbocycles. The summed E-state index contributed by atoms with van der Waals surface area (Å²) in [7, 11) is -3.58. The second-order valence-electron chi connectivity index (χ2n) is 4.67. The minimum absolute atomic E-state index is 0.0000898. The summed E-state index contributed by atoms with van der Waals surface area (Å²) in [5.41, 5.74) is 0.719. The van der Waals surface area contributed by atoms with Crippen LogP contribution in [0.4, 0.5) is 0 Å². The molecule has 2 aromatic heterocycles. The van der Waals surface area contributed by atoms with Crippen molar-refractivity contribution in [3.8, 4) is 23.0 Å². The molecule has 2 heterocycles. The molecule has 0 saturated carbocycles. The quantitative estimate of drug-likeness (QED) is 0.636. The monoisotopic (exact) mass is 384 g/mol. The van der Waals surface area contributed by atoms with Gasteiger partial charge in [-0.3, -0.25) is 0 Å². The average molecular weight is 385 g/mol. The minimum Gasteiger partial charge on any atom is -0.415 e. The summed E-state index contributed by atoms with van der Waals surface area (Å²) >= 11 is 11.9. The molecule has 0 atom stereocenters. The lowest BCUT2D eigenvalue weighted by Crippen LogP contribution is -2.09. The first-order chi connectivity index (χ1) is 11.4. The van der Waals surface area contributed by atoms with E-state index in [9.17, 15) is 8.42 Å². The molecule has 0 aliphatic carbocycles. The van der Waals surface area contributed by atoms with Crippen molar-refractivity contribution in [2.45, 2.75) is 12.1 Å². The van der Waals surface area contributed by atoms with Gasteiger partial charge < -0.3 is 4.42 Å². The van der Waals surface area contributed by atoms with Gasteiger partial charge in [-0.05, 0) is 24.3 Å². The maximum absolute atomic E-state index is 11.9. The Bertz CT molecular complexity index is 988. The van der Waals surface area contributed by atoms with Crippen molar-refractivity contribution < 1.29 is 12.8 Å². The fourth-order valence-electron chi connectivity index (χ4n) is 1.81. The number of aromatic nitrogens is 4. The molecule has 0 bridgehead atoms. The predicted molar refractivity (Wildman–Crippen MR) is 88.5 cm³/mol. The van der Waals surface area contributed by atoms with Gasteiger partial charge in [-0.15, -0.1) is 10.2 Å². The molecule has 24 heavy (non-hydrogen) atoms. The maximum Gasteiger partial charge on any atom is 0.268 e. The van der Waals surface area contributed by atoms with E-state index in [0.717, 1.165) is 0 Å². The summed E-state index contributed by atoms with van der Waals surface area (Å²) in [5, 5.41) is 8.14. The van der Waals surface area contributed by atoms with E-state index in [0.29, 0.717) is 10.6 Å². The largest absolute Gasteiger partial charge is 0.415 e. The van der Waals surface area contributed by atoms with Crippen molar-refractivity contribution in [3.05, 3.63) is 40.5 Å². The molecule has 10 heteroatoms. The molecule has 0 aliphatic heterocycles. The highest BCUT2D eigenvalue weighted by atomic mass is 35.5. The fraction of sp³-hybridized carbons (Fsp3) is 0.143. The van der Waals surface area contributed by atoms with E-state index in [1.807, 2.05) is 0 Å². The Hall–Kier alpha value is -2.03.